The van der Waals surface area contributed by atoms with Gasteiger partial charge in [-0.1, -0.05) is 0 Å². The van der Waals surface area contributed by atoms with Crippen molar-refractivity contribution in [3.63, 3.8) is 0 Å². The molecule has 34 heteroatoms. The van der Waals surface area contributed by atoms with Crippen LogP contribution in [0.2, 0.25) is 10.6 Å². The normalized spacial score (nSPS) is 11.5. The van der Waals surface area contributed by atoms with Crippen LogP contribution in [0.1, 0.15) is 18.1 Å². The number of hydrogen-bond acceptors (Lipinski definition) is 23. The van der Waals surface area contributed by atoms with Crippen molar-refractivity contribution in [1.82, 2.24) is 34.5 Å². The zero-order chi connectivity index (χ0) is 43.1. The van der Waals surface area contributed by atoms with Crippen LogP contribution in [0.4, 0.5) is 52.2 Å². The van der Waals surface area contributed by atoms with Gasteiger partial charge in [-0.15, -0.1) is 10.2 Å². The number of halogens is 2. The Kier molecular flexibility index (Phi) is 18.5. The van der Waals surface area contributed by atoms with Crippen molar-refractivity contribution in [2.24, 2.45) is 10.2 Å². The Labute approximate surface area is 419 Å². The summed E-state index contributed by atoms with van der Waals surface area (Å²) < 4.78 is 106. The van der Waals surface area contributed by atoms with Crippen LogP contribution in [0.3, 0.4) is 0 Å². The van der Waals surface area contributed by atoms with Gasteiger partial charge in [0.15, 0.2) is 5.69 Å². The van der Waals surface area contributed by atoms with E-state index < -0.39 is 113 Å². The van der Waals surface area contributed by atoms with E-state index in [4.69, 9.17) is 34.3 Å². The molecule has 5 rings (SSSR count). The molecule has 0 aliphatic heterocycles. The molecule has 61 heavy (non-hydrogen) atoms. The molecule has 0 aliphatic rings. The Morgan fingerprint density at radius 2 is 1.34 bits per heavy atom. The van der Waals surface area contributed by atoms with Gasteiger partial charge in [-0.3, -0.25) is 13.9 Å². The van der Waals surface area contributed by atoms with Gasteiger partial charge in [0.05, 0.1) is 16.3 Å². The van der Waals surface area contributed by atoms with Crippen LogP contribution in [-0.2, 0) is 36.9 Å². The van der Waals surface area contributed by atoms with E-state index in [1.54, 1.807) is 0 Å². The summed E-state index contributed by atoms with van der Waals surface area (Å²) >= 11 is 11.9. The summed E-state index contributed by atoms with van der Waals surface area (Å²) in [6.07, 6.45) is 0. The Bertz CT molecular complexity index is 2970. The third-order valence-corrected chi connectivity index (χ3v) is 10.3. The standard InChI is InChI=1S/C27H24Cl2N14O12S3.3Na/c1-3-43-20(45)17(19(30)44)9(2)18(21(43)46)42-41-13-7-12(15(57(50,51)52)8-16(13)58(53,54)55)34-27-38-23(29)37-25(40-27)32-10-4-5-14(56(47,48)49)11(6-10)33-26-36-22(28)35-24(31)39-26;;;/h4-8,45H,3H2,1-2H3,(H2,30,44)(H,47,48,49)(H,50,51,52)(H,53,54,55)(H3,31,33,35,36,39)(H2,32,34,37,38,40);;;/q;3*+1/p-3. The summed E-state index contributed by atoms with van der Waals surface area (Å²) in [5.74, 6) is -4.35. The Morgan fingerprint density at radius 3 is 1.85 bits per heavy atom. The summed E-state index contributed by atoms with van der Waals surface area (Å²) in [4.78, 5) is 32.5. The molecule has 8 N–H and O–H groups in total. The minimum atomic E-state index is -5.39. The van der Waals surface area contributed by atoms with Gasteiger partial charge in [0.25, 0.3) is 25.8 Å². The predicted octanol–water partition coefficient (Wildman–Crippen LogP) is -7.75. The van der Waals surface area contributed by atoms with E-state index in [0.29, 0.717) is 10.6 Å². The van der Waals surface area contributed by atoms with Crippen LogP contribution in [0.25, 0.3) is 0 Å². The van der Waals surface area contributed by atoms with Gasteiger partial charge in [0, 0.05) is 12.2 Å². The smallest absolute Gasteiger partial charge is 0.860 e. The second-order valence-corrected chi connectivity index (χ2v) is 15.9. The first-order valence-corrected chi connectivity index (χ1v) is 20.2. The number of nitrogens with zero attached hydrogens (tertiary/aromatic N) is 9. The summed E-state index contributed by atoms with van der Waals surface area (Å²) in [6.45, 7) is 2.18. The van der Waals surface area contributed by atoms with Crippen LogP contribution in [0, 0.1) is 12.3 Å². The maximum absolute atomic E-state index is 13.0. The molecule has 5 aromatic rings. The second-order valence-electron chi connectivity index (χ2n) is 11.1. The van der Waals surface area contributed by atoms with Crippen LogP contribution in [-0.4, -0.2) is 79.3 Å². The number of rotatable bonds is 13. The molecule has 0 radical (unpaired) electrons. The van der Waals surface area contributed by atoms with Crippen LogP contribution >= 0.6 is 23.2 Å². The van der Waals surface area contributed by atoms with Gasteiger partial charge in [-0.2, -0.15) is 46.7 Å². The van der Waals surface area contributed by atoms with E-state index in [1.165, 1.54) is 6.92 Å². The second kappa shape index (κ2) is 21.0. The first-order valence-electron chi connectivity index (χ1n) is 15.1. The molecule has 0 saturated heterocycles. The predicted molar refractivity (Wildman–Crippen MR) is 196 cm³/mol. The van der Waals surface area contributed by atoms with Gasteiger partial charge in [0.2, 0.25) is 34.4 Å². The SMILES string of the molecule is CCn1c([O-])c(C(=N)[O-])c(C)c(N=Nc2cc(Nc3nc(Cl)nc(Nc4ccc(S(=O)(=O)[O-])c(Nc5nc(N)nc(Cl)n5)c4)n3)c(S(=O)(=O)O)cc2S(=O)(=O)O)c1=O.[Na+].[Na+].[Na+]. The number of benzene rings is 2. The zero-order valence-corrected chi connectivity index (χ0v) is 41.6. The van der Waals surface area contributed by atoms with Crippen molar-refractivity contribution in [1.29, 1.82) is 5.41 Å². The Balaban J connectivity index is 0.00000427. The van der Waals surface area contributed by atoms with Crippen molar-refractivity contribution >= 4 is 112 Å². The van der Waals surface area contributed by atoms with Crippen molar-refractivity contribution in [3.8, 4) is 5.88 Å². The molecule has 26 nitrogen and oxygen atoms in total. The van der Waals surface area contributed by atoms with E-state index in [0.717, 1.165) is 25.1 Å². The molecule has 0 unspecified atom stereocenters. The summed E-state index contributed by atoms with van der Waals surface area (Å²) in [5.41, 5.74) is 0.519. The molecule has 0 bridgehead atoms. The molecule has 0 atom stereocenters. The van der Waals surface area contributed by atoms with Crippen molar-refractivity contribution in [2.75, 3.05) is 21.7 Å². The minimum absolute atomic E-state index is 0. The topological polar surface area (TPSA) is 422 Å². The van der Waals surface area contributed by atoms with E-state index in [9.17, 15) is 53.9 Å². The van der Waals surface area contributed by atoms with E-state index in [-0.39, 0.29) is 124 Å². The number of nitrogens with two attached hydrogens (primary N) is 1. The third-order valence-electron chi connectivity index (χ3n) is 7.29. The maximum atomic E-state index is 13.0. The molecule has 3 aromatic heterocycles. The summed E-state index contributed by atoms with van der Waals surface area (Å²) in [7, 11) is -15.9. The molecular formula is C27H21Cl2N14Na3O12S3. The fourth-order valence-electron chi connectivity index (χ4n) is 4.89. The van der Waals surface area contributed by atoms with Gasteiger partial charge >= 0.3 is 88.7 Å². The Hall–Kier alpha value is -3.21. The fraction of sp³-hybridized carbons (Fsp3) is 0.111. The van der Waals surface area contributed by atoms with Crippen molar-refractivity contribution in [3.05, 3.63) is 62.4 Å². The Morgan fingerprint density at radius 1 is 0.820 bits per heavy atom. The monoisotopic (exact) mass is 968 g/mol. The number of nitrogens with one attached hydrogen (secondary N) is 4. The van der Waals surface area contributed by atoms with Gasteiger partial charge in [-0.05, 0) is 90.3 Å². The molecule has 0 saturated carbocycles. The third kappa shape index (κ3) is 12.9. The number of hydrogen-bond donors (Lipinski definition) is 7. The first-order chi connectivity index (χ1) is 26.9. The number of nitrogen functional groups attached to an aromatic ring is 1. The van der Waals surface area contributed by atoms with E-state index in [1.807, 2.05) is 0 Å². The minimum Gasteiger partial charge on any atom is -0.860 e. The van der Waals surface area contributed by atoms with Crippen molar-refractivity contribution in [2.45, 2.75) is 35.1 Å². The number of pyridine rings is 1. The van der Waals surface area contributed by atoms with Crippen molar-refractivity contribution < 1.29 is 138 Å². The zero-order valence-electron chi connectivity index (χ0n) is 31.7. The van der Waals surface area contributed by atoms with Crippen LogP contribution in [0.15, 0.2) is 60.0 Å². The summed E-state index contributed by atoms with van der Waals surface area (Å²) in [5, 5.41) is 45.8. The molecule has 2 aromatic carbocycles. The first kappa shape index (κ1) is 53.9. The molecular weight excluding hydrogens is 948 g/mol. The maximum Gasteiger partial charge on any atom is 1.00 e. The fourth-order valence-corrected chi connectivity index (χ4v) is 7.19. The van der Waals surface area contributed by atoms with E-state index >= 15 is 0 Å². The largest absolute Gasteiger partial charge is 1.00 e. The molecule has 3 heterocycles. The quantitative estimate of drug-likeness (QED) is 0.0189. The molecule has 0 spiro atoms. The summed E-state index contributed by atoms with van der Waals surface area (Å²) in [6, 6.07) is 3.91. The number of azo groups is 1. The molecule has 306 valence electrons. The molecule has 0 amide bonds. The molecule has 0 fully saturated rings. The number of anilines is 7. The molecule has 0 aliphatic carbocycles. The van der Waals surface area contributed by atoms with Gasteiger partial charge in [-0.25, -0.2) is 8.42 Å². The number of aromatic nitrogens is 7. The average Bonchev–Trinajstić information content (AvgIpc) is 3.06. The van der Waals surface area contributed by atoms with Gasteiger partial charge in [0.1, 0.15) is 25.6 Å². The van der Waals surface area contributed by atoms with Crippen LogP contribution in [0.5, 0.6) is 5.88 Å². The van der Waals surface area contributed by atoms with Gasteiger partial charge < -0.3 is 46.4 Å². The van der Waals surface area contributed by atoms with E-state index in [2.05, 4.69) is 56.1 Å². The average molecular weight is 970 g/mol. The van der Waals surface area contributed by atoms with Crippen LogP contribution < -0.4 is 126 Å².